The highest BCUT2D eigenvalue weighted by molar-refractivity contribution is 6.01. The second-order valence-corrected chi connectivity index (χ2v) is 7.58. The number of nitrogens with zero attached hydrogens (tertiary/aromatic N) is 2. The van der Waals surface area contributed by atoms with Gasteiger partial charge in [0.25, 0.3) is 0 Å². The molecule has 150 valence electrons. The summed E-state index contributed by atoms with van der Waals surface area (Å²) < 4.78 is 22.4. The zero-order valence-corrected chi connectivity index (χ0v) is 15.7. The van der Waals surface area contributed by atoms with Crippen molar-refractivity contribution in [3.8, 4) is 0 Å². The summed E-state index contributed by atoms with van der Waals surface area (Å²) in [6.45, 7) is 2.52. The van der Waals surface area contributed by atoms with Gasteiger partial charge in [-0.3, -0.25) is 4.79 Å². The normalized spacial score (nSPS) is 22.2. The number of aryl methyl sites for hydroxylation is 1. The number of ether oxygens (including phenoxy) is 1. The molecule has 1 aromatic heterocycles. The van der Waals surface area contributed by atoms with Gasteiger partial charge < -0.3 is 30.8 Å². The van der Waals surface area contributed by atoms with Crippen molar-refractivity contribution in [2.75, 3.05) is 30.8 Å². The van der Waals surface area contributed by atoms with Gasteiger partial charge in [-0.1, -0.05) is 0 Å². The Hall–Kier alpha value is -2.65. The number of carbonyl (C=O) groups is 1. The van der Waals surface area contributed by atoms with Gasteiger partial charge in [0.1, 0.15) is 5.56 Å². The minimum absolute atomic E-state index is 0.0719. The summed E-state index contributed by atoms with van der Waals surface area (Å²) in [6.07, 6.45) is 2.84. The third-order valence-electron chi connectivity index (χ3n) is 5.76. The predicted molar refractivity (Wildman–Crippen MR) is 104 cm³/mol. The van der Waals surface area contributed by atoms with E-state index in [2.05, 4.69) is 0 Å². The van der Waals surface area contributed by atoms with E-state index in [4.69, 9.17) is 16.2 Å². The van der Waals surface area contributed by atoms with Crippen molar-refractivity contribution in [3.63, 3.8) is 0 Å². The molecular formula is C19H23FN4O4. The lowest BCUT2D eigenvalue weighted by atomic mass is 10.0. The number of aromatic carboxylic acids is 1. The summed E-state index contributed by atoms with van der Waals surface area (Å²) in [5, 5.41) is 9.34. The molecule has 4 rings (SSSR count). The second kappa shape index (κ2) is 6.46. The van der Waals surface area contributed by atoms with Crippen molar-refractivity contribution in [1.29, 1.82) is 0 Å². The van der Waals surface area contributed by atoms with Crippen molar-refractivity contribution in [2.24, 2.45) is 5.73 Å². The molecule has 1 aromatic carbocycles. The van der Waals surface area contributed by atoms with Crippen LogP contribution in [0.15, 0.2) is 11.0 Å². The molecular weight excluding hydrogens is 367 g/mol. The zero-order chi connectivity index (χ0) is 20.3. The molecule has 0 spiro atoms. The van der Waals surface area contributed by atoms with Gasteiger partial charge in [0.05, 0.1) is 34.4 Å². The number of methoxy groups -OCH3 is 1. The Morgan fingerprint density at radius 2 is 2.04 bits per heavy atom. The second-order valence-electron chi connectivity index (χ2n) is 7.58. The van der Waals surface area contributed by atoms with Crippen LogP contribution >= 0.6 is 0 Å². The van der Waals surface area contributed by atoms with E-state index < -0.39 is 22.8 Å². The lowest BCUT2D eigenvalue weighted by Gasteiger charge is -2.25. The van der Waals surface area contributed by atoms with Gasteiger partial charge in [0.15, 0.2) is 5.82 Å². The number of pyridine rings is 1. The van der Waals surface area contributed by atoms with Crippen LogP contribution in [0.2, 0.25) is 0 Å². The van der Waals surface area contributed by atoms with E-state index in [1.54, 1.807) is 23.5 Å². The number of rotatable bonds is 4. The summed E-state index contributed by atoms with van der Waals surface area (Å²) >= 11 is 0. The summed E-state index contributed by atoms with van der Waals surface area (Å²) in [5.41, 5.74) is 12.0. The first-order valence-electron chi connectivity index (χ1n) is 9.19. The van der Waals surface area contributed by atoms with E-state index in [1.165, 1.54) is 6.20 Å². The Balaban J connectivity index is 2.03. The highest BCUT2D eigenvalue weighted by Crippen LogP contribution is 2.42. The molecule has 2 aromatic rings. The van der Waals surface area contributed by atoms with Crippen LogP contribution in [0.25, 0.3) is 10.9 Å². The first-order valence-corrected chi connectivity index (χ1v) is 9.19. The molecule has 28 heavy (non-hydrogen) atoms. The van der Waals surface area contributed by atoms with Gasteiger partial charge in [-0.15, -0.1) is 0 Å². The number of halogens is 1. The van der Waals surface area contributed by atoms with Crippen molar-refractivity contribution in [2.45, 2.75) is 38.0 Å². The molecule has 0 unspecified atom stereocenters. The molecule has 2 heterocycles. The van der Waals surface area contributed by atoms with Crippen molar-refractivity contribution < 1.29 is 19.0 Å². The molecule has 9 heteroatoms. The van der Waals surface area contributed by atoms with Crippen LogP contribution in [0, 0.1) is 12.7 Å². The summed E-state index contributed by atoms with van der Waals surface area (Å²) in [4.78, 5) is 26.1. The number of nitrogen functional groups attached to an aromatic ring is 1. The number of fused-ring (bicyclic) bond motifs is 1. The lowest BCUT2D eigenvalue weighted by molar-refractivity contribution is 0.0695. The van der Waals surface area contributed by atoms with Gasteiger partial charge >= 0.3 is 5.97 Å². The van der Waals surface area contributed by atoms with E-state index in [9.17, 15) is 14.7 Å². The van der Waals surface area contributed by atoms with E-state index in [0.29, 0.717) is 24.2 Å². The molecule has 2 fully saturated rings. The van der Waals surface area contributed by atoms with Crippen molar-refractivity contribution in [3.05, 3.63) is 33.4 Å². The summed E-state index contributed by atoms with van der Waals surface area (Å²) in [5.74, 6) is -2.08. The van der Waals surface area contributed by atoms with Crippen LogP contribution in [0.1, 0.15) is 34.8 Å². The quantitative estimate of drug-likeness (QED) is 0.671. The fourth-order valence-corrected chi connectivity index (χ4v) is 4.18. The summed E-state index contributed by atoms with van der Waals surface area (Å²) in [6, 6.07) is -0.203. The third kappa shape index (κ3) is 2.65. The maximum absolute atomic E-state index is 15.3. The van der Waals surface area contributed by atoms with Gasteiger partial charge in [0, 0.05) is 32.4 Å². The smallest absolute Gasteiger partial charge is 0.341 e. The van der Waals surface area contributed by atoms with Crippen LogP contribution in [0.5, 0.6) is 0 Å². The fraction of sp³-hybridized carbons (Fsp3) is 0.474. The van der Waals surface area contributed by atoms with Crippen LogP contribution in [-0.2, 0) is 4.74 Å². The molecule has 1 aliphatic heterocycles. The maximum Gasteiger partial charge on any atom is 0.341 e. The first kappa shape index (κ1) is 18.7. The Labute approximate surface area is 160 Å². The third-order valence-corrected chi connectivity index (χ3v) is 5.76. The van der Waals surface area contributed by atoms with E-state index in [0.717, 1.165) is 12.8 Å². The topological polar surface area (TPSA) is 124 Å². The van der Waals surface area contributed by atoms with E-state index in [-0.39, 0.29) is 34.9 Å². The van der Waals surface area contributed by atoms with E-state index >= 15 is 4.39 Å². The van der Waals surface area contributed by atoms with E-state index in [1.807, 2.05) is 0 Å². The number of hydrogen-bond acceptors (Lipinski definition) is 6. The number of aromatic nitrogens is 1. The number of anilines is 2. The minimum Gasteiger partial charge on any atom is -0.477 e. The Kier molecular flexibility index (Phi) is 4.31. The molecule has 5 N–H and O–H groups in total. The Bertz CT molecular complexity index is 1050. The van der Waals surface area contributed by atoms with Crippen LogP contribution in [0.3, 0.4) is 0 Å². The van der Waals surface area contributed by atoms with Crippen molar-refractivity contribution in [1.82, 2.24) is 4.57 Å². The molecule has 0 bridgehead atoms. The molecule has 2 atom stereocenters. The largest absolute Gasteiger partial charge is 0.477 e. The van der Waals surface area contributed by atoms with Gasteiger partial charge in [-0.25, -0.2) is 9.18 Å². The standard InChI is InChI=1S/C19H23FN4O4/c1-8-16-13(18(25)10(19(26)27)5-24(16)9-3-4-9)15(22)14(20)17(8)23-6-11(21)12(7-23)28-2/h5,9,11-12H,3-4,6-7,21-22H2,1-2H3,(H,26,27)/t11-,12+/m0/s1. The Morgan fingerprint density at radius 3 is 2.57 bits per heavy atom. The Morgan fingerprint density at radius 1 is 1.36 bits per heavy atom. The predicted octanol–water partition coefficient (Wildman–Crippen LogP) is 1.23. The number of carboxylic acids is 1. The van der Waals surface area contributed by atoms with Crippen molar-refractivity contribution >= 4 is 28.2 Å². The van der Waals surface area contributed by atoms with Crippen LogP contribution < -0.4 is 21.8 Å². The molecule has 0 amide bonds. The fourth-order valence-electron chi connectivity index (χ4n) is 4.18. The summed E-state index contributed by atoms with van der Waals surface area (Å²) in [7, 11) is 1.56. The minimum atomic E-state index is -1.35. The van der Waals surface area contributed by atoms with Gasteiger partial charge in [0.2, 0.25) is 5.43 Å². The first-order chi connectivity index (χ1) is 13.3. The molecule has 1 saturated carbocycles. The number of nitrogens with two attached hydrogens (primary N) is 2. The molecule has 2 aliphatic rings. The molecule has 1 saturated heterocycles. The highest BCUT2D eigenvalue weighted by atomic mass is 19.1. The van der Waals surface area contributed by atoms with Gasteiger partial charge in [-0.2, -0.15) is 0 Å². The molecule has 0 radical (unpaired) electrons. The number of benzene rings is 1. The zero-order valence-electron chi connectivity index (χ0n) is 15.7. The number of hydrogen-bond donors (Lipinski definition) is 3. The van der Waals surface area contributed by atoms with Crippen LogP contribution in [0.4, 0.5) is 15.8 Å². The average Bonchev–Trinajstić information content (AvgIpc) is 3.42. The van der Waals surface area contributed by atoms with Gasteiger partial charge in [-0.05, 0) is 25.3 Å². The molecule has 1 aliphatic carbocycles. The molecule has 8 nitrogen and oxygen atoms in total. The number of carboxylic acid groups (broad SMARTS) is 1. The lowest BCUT2D eigenvalue weighted by Crippen LogP contribution is -2.34. The van der Waals surface area contributed by atoms with Crippen LogP contribution in [-0.4, -0.2) is 48.0 Å². The maximum atomic E-state index is 15.3. The SMILES string of the molecule is CO[C@@H]1CN(c2c(F)c(N)c3c(=O)c(C(=O)O)cn(C4CC4)c3c2C)C[C@@H]1N. The highest BCUT2D eigenvalue weighted by Gasteiger charge is 2.35. The monoisotopic (exact) mass is 390 g/mol. The average molecular weight is 390 g/mol.